The Kier molecular flexibility index (Phi) is 4.45. The second kappa shape index (κ2) is 6.68. The molecule has 2 aromatic rings. The van der Waals surface area contributed by atoms with Crippen LogP contribution >= 0.6 is 0 Å². The van der Waals surface area contributed by atoms with Crippen molar-refractivity contribution in [3.8, 4) is 0 Å². The first-order valence-corrected chi connectivity index (χ1v) is 7.46. The van der Waals surface area contributed by atoms with E-state index in [1.54, 1.807) is 36.7 Å². The maximum atomic E-state index is 12.3. The molecule has 3 rings (SSSR count). The zero-order valence-electron chi connectivity index (χ0n) is 12.7. The van der Waals surface area contributed by atoms with Crippen molar-refractivity contribution >= 4 is 17.4 Å². The van der Waals surface area contributed by atoms with Gasteiger partial charge >= 0.3 is 0 Å². The molecular weight excluding hydrogens is 292 g/mol. The molecule has 2 atom stereocenters. The van der Waals surface area contributed by atoms with Crippen LogP contribution in [0.25, 0.3) is 0 Å². The number of rotatable bonds is 4. The summed E-state index contributed by atoms with van der Waals surface area (Å²) in [5.74, 6) is -0.108. The minimum atomic E-state index is -0.326. The number of nitrogens with zero attached hydrogens (tertiary/aromatic N) is 1. The molecule has 0 saturated carbocycles. The van der Waals surface area contributed by atoms with Crippen molar-refractivity contribution < 1.29 is 9.59 Å². The number of hydrogen-bond donors (Lipinski definition) is 3. The van der Waals surface area contributed by atoms with Crippen LogP contribution in [-0.2, 0) is 4.79 Å². The van der Waals surface area contributed by atoms with Crippen molar-refractivity contribution in [3.63, 3.8) is 0 Å². The van der Waals surface area contributed by atoms with Crippen molar-refractivity contribution in [3.05, 3.63) is 59.9 Å². The van der Waals surface area contributed by atoms with E-state index >= 15 is 0 Å². The molecular formula is C17H18N4O2. The van der Waals surface area contributed by atoms with Crippen LogP contribution in [0.3, 0.4) is 0 Å². The van der Waals surface area contributed by atoms with Crippen molar-refractivity contribution in [1.29, 1.82) is 0 Å². The Bertz CT molecular complexity index is 700. The number of benzene rings is 1. The number of ketones is 1. The third-order valence-electron chi connectivity index (χ3n) is 3.87. The molecule has 0 spiro atoms. The van der Waals surface area contributed by atoms with Crippen molar-refractivity contribution in [2.75, 3.05) is 5.32 Å². The number of hydrogen-bond acceptors (Lipinski definition) is 5. The number of carbonyl (C=O) groups excluding carboxylic acids is 2. The van der Waals surface area contributed by atoms with Gasteiger partial charge in [-0.15, -0.1) is 0 Å². The number of carbonyl (C=O) groups is 2. The second-order valence-electron chi connectivity index (χ2n) is 5.54. The lowest BCUT2D eigenvalue weighted by molar-refractivity contribution is -0.117. The SMILES string of the molecule is CC(=O)c1ccc(NC(=O)C2CC(c3cccnc3)NN2)cc1. The highest BCUT2D eigenvalue weighted by Crippen LogP contribution is 2.22. The molecule has 23 heavy (non-hydrogen) atoms. The van der Waals surface area contributed by atoms with E-state index in [0.29, 0.717) is 17.7 Å². The minimum absolute atomic E-state index is 0.00356. The van der Waals surface area contributed by atoms with Crippen LogP contribution in [0.5, 0.6) is 0 Å². The topological polar surface area (TPSA) is 83.1 Å². The van der Waals surface area contributed by atoms with Gasteiger partial charge in [0.2, 0.25) is 5.91 Å². The van der Waals surface area contributed by atoms with Crippen molar-refractivity contribution in [2.24, 2.45) is 0 Å². The van der Waals surface area contributed by atoms with Crippen LogP contribution in [-0.4, -0.2) is 22.7 Å². The van der Waals surface area contributed by atoms with E-state index in [0.717, 1.165) is 5.56 Å². The molecule has 0 aliphatic carbocycles. The largest absolute Gasteiger partial charge is 0.325 e. The van der Waals surface area contributed by atoms with Gasteiger partial charge in [0.15, 0.2) is 5.78 Å². The number of nitrogens with one attached hydrogen (secondary N) is 3. The lowest BCUT2D eigenvalue weighted by atomic mass is 10.0. The van der Waals surface area contributed by atoms with E-state index in [1.807, 2.05) is 12.1 Å². The van der Waals surface area contributed by atoms with E-state index < -0.39 is 0 Å². The maximum Gasteiger partial charge on any atom is 0.242 e. The van der Waals surface area contributed by atoms with Gasteiger partial charge in [0.1, 0.15) is 6.04 Å². The number of amides is 1. The number of pyridine rings is 1. The standard InChI is InChI=1S/C17H18N4O2/c1-11(22)12-4-6-14(7-5-12)19-17(23)16-9-15(20-21-16)13-3-2-8-18-10-13/h2-8,10,15-16,20-21H,9H2,1H3,(H,19,23). The summed E-state index contributed by atoms with van der Waals surface area (Å²) in [6.07, 6.45) is 4.16. The molecule has 1 fully saturated rings. The third kappa shape index (κ3) is 3.61. The van der Waals surface area contributed by atoms with Crippen LogP contribution in [0, 0.1) is 0 Å². The fraction of sp³-hybridized carbons (Fsp3) is 0.235. The van der Waals surface area contributed by atoms with Gasteiger partial charge in [0.05, 0.1) is 0 Å². The average Bonchev–Trinajstić information content (AvgIpc) is 3.06. The molecule has 6 heteroatoms. The van der Waals surface area contributed by atoms with Crippen molar-refractivity contribution in [1.82, 2.24) is 15.8 Å². The van der Waals surface area contributed by atoms with Crippen LogP contribution in [0.15, 0.2) is 48.8 Å². The minimum Gasteiger partial charge on any atom is -0.325 e. The Morgan fingerprint density at radius 1 is 1.17 bits per heavy atom. The van der Waals surface area contributed by atoms with Gasteiger partial charge in [-0.2, -0.15) is 0 Å². The molecule has 3 N–H and O–H groups in total. The Hall–Kier alpha value is -2.57. The summed E-state index contributed by atoms with van der Waals surface area (Å²) in [6, 6.07) is 10.5. The van der Waals surface area contributed by atoms with Gasteiger partial charge in [-0.1, -0.05) is 6.07 Å². The molecule has 1 aliphatic heterocycles. The summed E-state index contributed by atoms with van der Waals surface area (Å²) in [6.45, 7) is 1.51. The number of hydrazine groups is 1. The summed E-state index contributed by atoms with van der Waals surface area (Å²) < 4.78 is 0. The summed E-state index contributed by atoms with van der Waals surface area (Å²) >= 11 is 0. The molecule has 0 radical (unpaired) electrons. The Morgan fingerprint density at radius 3 is 2.61 bits per heavy atom. The fourth-order valence-electron chi connectivity index (χ4n) is 2.55. The molecule has 2 unspecified atom stereocenters. The normalized spacial score (nSPS) is 20.2. The van der Waals surface area contributed by atoms with Crippen molar-refractivity contribution in [2.45, 2.75) is 25.4 Å². The molecule has 1 saturated heterocycles. The molecule has 1 aliphatic rings. The highest BCUT2D eigenvalue weighted by atomic mass is 16.2. The molecule has 2 heterocycles. The van der Waals surface area contributed by atoms with Crippen LogP contribution in [0.4, 0.5) is 5.69 Å². The van der Waals surface area contributed by atoms with Gasteiger partial charge in [-0.05, 0) is 49.2 Å². The highest BCUT2D eigenvalue weighted by molar-refractivity contribution is 5.97. The molecule has 118 valence electrons. The molecule has 6 nitrogen and oxygen atoms in total. The Balaban J connectivity index is 1.60. The van der Waals surface area contributed by atoms with Gasteiger partial charge in [0, 0.05) is 29.7 Å². The smallest absolute Gasteiger partial charge is 0.242 e. The maximum absolute atomic E-state index is 12.3. The van der Waals surface area contributed by atoms with E-state index in [1.165, 1.54) is 6.92 Å². The lowest BCUT2D eigenvalue weighted by Crippen LogP contribution is -2.39. The number of Topliss-reactive ketones (excluding diaryl/α,β-unsaturated/α-hetero) is 1. The highest BCUT2D eigenvalue weighted by Gasteiger charge is 2.30. The molecule has 1 aromatic carbocycles. The second-order valence-corrected chi connectivity index (χ2v) is 5.54. The van der Waals surface area contributed by atoms with E-state index in [-0.39, 0.29) is 23.8 Å². The first-order chi connectivity index (χ1) is 11.1. The van der Waals surface area contributed by atoms with E-state index in [4.69, 9.17) is 0 Å². The first-order valence-electron chi connectivity index (χ1n) is 7.46. The third-order valence-corrected chi connectivity index (χ3v) is 3.87. The zero-order valence-corrected chi connectivity index (χ0v) is 12.7. The number of anilines is 1. The molecule has 0 bridgehead atoms. The molecule has 1 aromatic heterocycles. The summed E-state index contributed by atoms with van der Waals surface area (Å²) in [5.41, 5.74) is 8.47. The lowest BCUT2D eigenvalue weighted by Gasteiger charge is -2.11. The van der Waals surface area contributed by atoms with Gasteiger partial charge in [-0.3, -0.25) is 14.6 Å². The zero-order chi connectivity index (χ0) is 16.2. The average molecular weight is 310 g/mol. The van der Waals surface area contributed by atoms with Gasteiger partial charge in [0.25, 0.3) is 0 Å². The Morgan fingerprint density at radius 2 is 1.96 bits per heavy atom. The van der Waals surface area contributed by atoms with E-state index in [9.17, 15) is 9.59 Å². The Labute approximate surface area is 134 Å². The van der Waals surface area contributed by atoms with Crippen LogP contribution in [0.2, 0.25) is 0 Å². The predicted molar refractivity (Wildman–Crippen MR) is 86.7 cm³/mol. The van der Waals surface area contributed by atoms with Crippen LogP contribution in [0.1, 0.15) is 35.3 Å². The fourth-order valence-corrected chi connectivity index (χ4v) is 2.55. The van der Waals surface area contributed by atoms with Crippen LogP contribution < -0.4 is 16.2 Å². The quantitative estimate of drug-likeness (QED) is 0.751. The summed E-state index contributed by atoms with van der Waals surface area (Å²) in [5, 5.41) is 2.85. The summed E-state index contributed by atoms with van der Waals surface area (Å²) in [4.78, 5) is 27.7. The van der Waals surface area contributed by atoms with Gasteiger partial charge in [-0.25, -0.2) is 10.9 Å². The summed E-state index contributed by atoms with van der Waals surface area (Å²) in [7, 11) is 0. The van der Waals surface area contributed by atoms with Gasteiger partial charge < -0.3 is 5.32 Å². The predicted octanol–water partition coefficient (Wildman–Crippen LogP) is 1.83. The molecule has 1 amide bonds. The van der Waals surface area contributed by atoms with E-state index in [2.05, 4.69) is 21.2 Å². The monoisotopic (exact) mass is 310 g/mol. The number of aromatic nitrogens is 1. The first kappa shape index (κ1) is 15.3.